The van der Waals surface area contributed by atoms with Crippen LogP contribution in [-0.2, 0) is 4.79 Å². The van der Waals surface area contributed by atoms with Gasteiger partial charge in [0.15, 0.2) is 0 Å². The van der Waals surface area contributed by atoms with Crippen molar-refractivity contribution in [1.29, 1.82) is 0 Å². The summed E-state index contributed by atoms with van der Waals surface area (Å²) in [7, 11) is 1.95. The molecule has 6 heteroatoms. The molecule has 20 heavy (non-hydrogen) atoms. The molecule has 0 aliphatic carbocycles. The Bertz CT molecular complexity index is 308. The molecule has 0 saturated carbocycles. The van der Waals surface area contributed by atoms with Gasteiger partial charge in [0.2, 0.25) is 5.91 Å². The second kappa shape index (κ2) is 9.72. The van der Waals surface area contributed by atoms with Gasteiger partial charge in [0, 0.05) is 13.1 Å². The fraction of sp³-hybridized carbons (Fsp3) is 0.857. The van der Waals surface area contributed by atoms with Crippen LogP contribution in [-0.4, -0.2) is 56.6 Å². The monoisotopic (exact) mass is 284 g/mol. The molecule has 1 atom stereocenters. The molecule has 0 radical (unpaired) electrons. The number of nitrogens with one attached hydrogen (secondary N) is 3. The number of piperidine rings is 1. The lowest BCUT2D eigenvalue weighted by molar-refractivity contribution is -0.121. The molecule has 1 rings (SSSR count). The minimum Gasteiger partial charge on any atom is -0.338 e. The highest BCUT2D eigenvalue weighted by molar-refractivity contribution is 5.95. The summed E-state index contributed by atoms with van der Waals surface area (Å²) in [6, 6.07) is -0.382. The maximum absolute atomic E-state index is 11.8. The van der Waals surface area contributed by atoms with Crippen LogP contribution in [0.3, 0.4) is 0 Å². The van der Waals surface area contributed by atoms with E-state index in [-0.39, 0.29) is 11.9 Å². The third-order valence-corrected chi connectivity index (χ3v) is 3.53. The van der Waals surface area contributed by atoms with Gasteiger partial charge in [0.25, 0.3) is 0 Å². The van der Waals surface area contributed by atoms with Gasteiger partial charge in [-0.2, -0.15) is 0 Å². The van der Waals surface area contributed by atoms with Crippen molar-refractivity contribution in [2.75, 3.05) is 39.8 Å². The molecule has 1 aliphatic heterocycles. The van der Waals surface area contributed by atoms with E-state index in [4.69, 9.17) is 0 Å². The average Bonchev–Trinajstić information content (AvgIpc) is 2.39. The van der Waals surface area contributed by atoms with Gasteiger partial charge < -0.3 is 10.6 Å². The fourth-order valence-corrected chi connectivity index (χ4v) is 2.54. The summed E-state index contributed by atoms with van der Waals surface area (Å²) in [5.74, 6) is 0.379. The highest BCUT2D eigenvalue weighted by atomic mass is 16.2. The number of imide groups is 1. The van der Waals surface area contributed by atoms with Crippen LogP contribution in [0.15, 0.2) is 0 Å². The first-order valence-electron chi connectivity index (χ1n) is 7.60. The first-order chi connectivity index (χ1) is 9.65. The summed E-state index contributed by atoms with van der Waals surface area (Å²) in [4.78, 5) is 25.4. The Morgan fingerprint density at radius 1 is 1.35 bits per heavy atom. The van der Waals surface area contributed by atoms with Gasteiger partial charge in [-0.15, -0.1) is 0 Å². The zero-order valence-corrected chi connectivity index (χ0v) is 12.7. The smallest absolute Gasteiger partial charge is 0.321 e. The third-order valence-electron chi connectivity index (χ3n) is 3.53. The van der Waals surface area contributed by atoms with E-state index in [1.165, 1.54) is 6.42 Å². The minimum atomic E-state index is -0.382. The third kappa shape index (κ3) is 6.86. The zero-order chi connectivity index (χ0) is 14.8. The van der Waals surface area contributed by atoms with Crippen molar-refractivity contribution >= 4 is 11.9 Å². The number of carbonyl (C=O) groups is 2. The summed E-state index contributed by atoms with van der Waals surface area (Å²) in [6.45, 7) is 5.82. The number of urea groups is 1. The number of likely N-dealkylation sites (tertiary alicyclic amines) is 1. The zero-order valence-electron chi connectivity index (χ0n) is 12.7. The van der Waals surface area contributed by atoms with Gasteiger partial charge in [-0.1, -0.05) is 13.3 Å². The summed E-state index contributed by atoms with van der Waals surface area (Å²) in [5.41, 5.74) is 0. The standard InChI is InChI=1S/C14H28N4O2/c1-3-4-7-16-14(20)17-13(19)11-18-8-5-6-12(10-18)9-15-2/h12,15H,3-11H2,1-2H3,(H2,16,17,19,20). The molecule has 1 saturated heterocycles. The lowest BCUT2D eigenvalue weighted by Gasteiger charge is -2.31. The molecular formula is C14H28N4O2. The first-order valence-corrected chi connectivity index (χ1v) is 7.60. The summed E-state index contributed by atoms with van der Waals surface area (Å²) >= 11 is 0. The van der Waals surface area contributed by atoms with Crippen molar-refractivity contribution in [3.8, 4) is 0 Å². The topological polar surface area (TPSA) is 73.5 Å². The molecule has 0 spiro atoms. The van der Waals surface area contributed by atoms with E-state index in [1.54, 1.807) is 0 Å². The van der Waals surface area contributed by atoms with Crippen LogP contribution in [0, 0.1) is 5.92 Å². The van der Waals surface area contributed by atoms with Gasteiger partial charge in [0.1, 0.15) is 0 Å². The number of rotatable bonds is 7. The quantitative estimate of drug-likeness (QED) is 0.597. The Balaban J connectivity index is 2.22. The van der Waals surface area contributed by atoms with E-state index in [0.717, 1.165) is 38.9 Å². The number of hydrogen-bond acceptors (Lipinski definition) is 4. The van der Waals surface area contributed by atoms with Crippen molar-refractivity contribution in [1.82, 2.24) is 20.9 Å². The Kier molecular flexibility index (Phi) is 8.22. The van der Waals surface area contributed by atoms with Gasteiger partial charge in [0.05, 0.1) is 6.54 Å². The Morgan fingerprint density at radius 2 is 2.15 bits per heavy atom. The molecule has 0 bridgehead atoms. The summed E-state index contributed by atoms with van der Waals surface area (Å²) in [5, 5.41) is 8.25. The van der Waals surface area contributed by atoms with Crippen LogP contribution in [0.25, 0.3) is 0 Å². The van der Waals surface area contributed by atoms with Crippen molar-refractivity contribution < 1.29 is 9.59 Å². The van der Waals surface area contributed by atoms with Crippen molar-refractivity contribution in [3.05, 3.63) is 0 Å². The normalized spacial score (nSPS) is 19.6. The molecule has 0 aromatic rings. The number of amides is 3. The average molecular weight is 284 g/mol. The van der Waals surface area contributed by atoms with Gasteiger partial charge in [-0.3, -0.25) is 15.0 Å². The van der Waals surface area contributed by atoms with Gasteiger partial charge in [-0.25, -0.2) is 4.79 Å². The van der Waals surface area contributed by atoms with Gasteiger partial charge >= 0.3 is 6.03 Å². The molecule has 3 amide bonds. The number of hydrogen-bond donors (Lipinski definition) is 3. The highest BCUT2D eigenvalue weighted by Crippen LogP contribution is 2.14. The highest BCUT2D eigenvalue weighted by Gasteiger charge is 2.21. The molecule has 0 aromatic carbocycles. The first kappa shape index (κ1) is 16.9. The van der Waals surface area contributed by atoms with Crippen LogP contribution >= 0.6 is 0 Å². The van der Waals surface area contributed by atoms with E-state index >= 15 is 0 Å². The Labute approximate surface area is 121 Å². The second-order valence-electron chi connectivity index (χ2n) is 5.46. The maximum Gasteiger partial charge on any atom is 0.321 e. The van der Waals surface area contributed by atoms with Crippen LogP contribution < -0.4 is 16.0 Å². The Morgan fingerprint density at radius 3 is 2.85 bits per heavy atom. The summed E-state index contributed by atoms with van der Waals surface area (Å²) < 4.78 is 0. The number of unbranched alkanes of at least 4 members (excludes halogenated alkanes) is 1. The molecule has 1 aliphatic rings. The summed E-state index contributed by atoms with van der Waals surface area (Å²) in [6.07, 6.45) is 4.27. The number of carbonyl (C=O) groups excluding carboxylic acids is 2. The largest absolute Gasteiger partial charge is 0.338 e. The molecule has 0 aromatic heterocycles. The lowest BCUT2D eigenvalue weighted by Crippen LogP contribution is -2.47. The van der Waals surface area contributed by atoms with E-state index in [0.29, 0.717) is 19.0 Å². The van der Waals surface area contributed by atoms with Crippen LogP contribution in [0.4, 0.5) is 4.79 Å². The predicted octanol–water partition coefficient (Wildman–Crippen LogP) is 0.544. The van der Waals surface area contributed by atoms with Crippen LogP contribution in [0.5, 0.6) is 0 Å². The molecule has 1 fully saturated rings. The molecule has 1 heterocycles. The molecule has 3 N–H and O–H groups in total. The van der Waals surface area contributed by atoms with Crippen molar-refractivity contribution in [3.63, 3.8) is 0 Å². The lowest BCUT2D eigenvalue weighted by atomic mass is 9.98. The van der Waals surface area contributed by atoms with Crippen molar-refractivity contribution in [2.24, 2.45) is 5.92 Å². The van der Waals surface area contributed by atoms with Crippen LogP contribution in [0.2, 0.25) is 0 Å². The molecular weight excluding hydrogens is 256 g/mol. The van der Waals surface area contributed by atoms with E-state index in [9.17, 15) is 9.59 Å². The fourth-order valence-electron chi connectivity index (χ4n) is 2.54. The SMILES string of the molecule is CCCCNC(=O)NC(=O)CN1CCCC(CNC)C1. The van der Waals surface area contributed by atoms with E-state index in [1.807, 2.05) is 7.05 Å². The van der Waals surface area contributed by atoms with E-state index < -0.39 is 0 Å². The number of nitrogens with zero attached hydrogens (tertiary/aromatic N) is 1. The van der Waals surface area contributed by atoms with E-state index in [2.05, 4.69) is 27.8 Å². The van der Waals surface area contributed by atoms with Crippen molar-refractivity contribution in [2.45, 2.75) is 32.6 Å². The molecule has 1 unspecified atom stereocenters. The van der Waals surface area contributed by atoms with Gasteiger partial charge in [-0.05, 0) is 45.3 Å². The minimum absolute atomic E-state index is 0.218. The maximum atomic E-state index is 11.8. The Hall–Kier alpha value is -1.14. The van der Waals surface area contributed by atoms with Crippen LogP contribution in [0.1, 0.15) is 32.6 Å². The second-order valence-corrected chi connectivity index (χ2v) is 5.46. The molecule has 116 valence electrons. The molecule has 6 nitrogen and oxygen atoms in total. The predicted molar refractivity (Wildman–Crippen MR) is 79.5 cm³/mol.